The van der Waals surface area contributed by atoms with Gasteiger partial charge < -0.3 is 10.5 Å². The summed E-state index contributed by atoms with van der Waals surface area (Å²) in [7, 11) is 0. The molecule has 2 aromatic rings. The SMILES string of the molecule is C/C=C/N(/C=C/C)C(=N)n1cc(OC2CCC(N)c3ccccc32)ccc1=N. The van der Waals surface area contributed by atoms with Gasteiger partial charge in [-0.3, -0.25) is 20.3 Å². The van der Waals surface area contributed by atoms with Crippen LogP contribution in [0.4, 0.5) is 0 Å². The van der Waals surface area contributed by atoms with E-state index >= 15 is 0 Å². The van der Waals surface area contributed by atoms with Crippen molar-refractivity contribution in [2.75, 3.05) is 0 Å². The quantitative estimate of drug-likeness (QED) is 0.555. The van der Waals surface area contributed by atoms with Gasteiger partial charge in [0.05, 0.1) is 6.20 Å². The lowest BCUT2D eigenvalue weighted by Crippen LogP contribution is -2.34. The van der Waals surface area contributed by atoms with Crippen LogP contribution in [0, 0.1) is 10.8 Å². The largest absolute Gasteiger partial charge is 0.484 e. The Morgan fingerprint density at radius 2 is 1.79 bits per heavy atom. The molecule has 28 heavy (non-hydrogen) atoms. The second-order valence-corrected chi connectivity index (χ2v) is 6.73. The van der Waals surface area contributed by atoms with E-state index in [-0.39, 0.29) is 23.6 Å². The van der Waals surface area contributed by atoms with E-state index in [1.807, 2.05) is 38.1 Å². The number of pyridine rings is 1. The number of aromatic nitrogens is 1. The van der Waals surface area contributed by atoms with Crippen molar-refractivity contribution in [3.8, 4) is 5.75 Å². The summed E-state index contributed by atoms with van der Waals surface area (Å²) in [5.74, 6) is 0.773. The van der Waals surface area contributed by atoms with Crippen LogP contribution in [0.2, 0.25) is 0 Å². The third-order valence-electron chi connectivity index (χ3n) is 4.77. The van der Waals surface area contributed by atoms with Gasteiger partial charge in [-0.25, -0.2) is 0 Å². The van der Waals surface area contributed by atoms with Crippen molar-refractivity contribution in [2.24, 2.45) is 5.73 Å². The van der Waals surface area contributed by atoms with Crippen LogP contribution in [0.3, 0.4) is 0 Å². The van der Waals surface area contributed by atoms with Crippen LogP contribution in [0.5, 0.6) is 5.75 Å². The summed E-state index contributed by atoms with van der Waals surface area (Å²) in [5, 5.41) is 16.7. The molecule has 0 radical (unpaired) electrons. The molecule has 0 amide bonds. The molecular formula is C22H27N5O. The van der Waals surface area contributed by atoms with Gasteiger partial charge in [0.15, 0.2) is 0 Å². The molecule has 0 aliphatic heterocycles. The second-order valence-electron chi connectivity index (χ2n) is 6.73. The molecule has 3 rings (SSSR count). The van der Waals surface area contributed by atoms with Gasteiger partial charge in [-0.15, -0.1) is 0 Å². The lowest BCUT2D eigenvalue weighted by atomic mass is 9.86. The fourth-order valence-electron chi connectivity index (χ4n) is 3.43. The zero-order valence-corrected chi connectivity index (χ0v) is 16.3. The van der Waals surface area contributed by atoms with Crippen LogP contribution in [0.25, 0.3) is 0 Å². The summed E-state index contributed by atoms with van der Waals surface area (Å²) in [6.07, 6.45) is 10.6. The minimum absolute atomic E-state index is 0.0417. The number of nitrogens with two attached hydrogens (primary N) is 1. The van der Waals surface area contributed by atoms with E-state index in [0.29, 0.717) is 5.75 Å². The molecule has 6 nitrogen and oxygen atoms in total. The summed E-state index contributed by atoms with van der Waals surface area (Å²) in [6, 6.07) is 11.6. The van der Waals surface area contributed by atoms with Crippen molar-refractivity contribution >= 4 is 5.96 Å². The van der Waals surface area contributed by atoms with E-state index in [4.69, 9.17) is 21.3 Å². The molecule has 1 aliphatic carbocycles. The Hall–Kier alpha value is -3.12. The second kappa shape index (κ2) is 8.71. The number of hydrogen-bond donors (Lipinski definition) is 3. The normalized spacial score (nSPS) is 19.0. The van der Waals surface area contributed by atoms with Crippen molar-refractivity contribution in [3.63, 3.8) is 0 Å². The highest BCUT2D eigenvalue weighted by Gasteiger charge is 2.26. The number of allylic oxidation sites excluding steroid dienone is 2. The average molecular weight is 377 g/mol. The summed E-state index contributed by atoms with van der Waals surface area (Å²) in [5.41, 5.74) is 8.70. The monoisotopic (exact) mass is 377 g/mol. The van der Waals surface area contributed by atoms with E-state index < -0.39 is 0 Å². The standard InChI is InChI=1S/C22H27N5O/c1-3-13-26(14-4-2)22(25)27-15-16(9-12-21(27)24)28-20-11-10-19(23)17-7-5-6-8-18(17)20/h3-9,12-15,19-20,24-25H,10-11,23H2,1-2H3/b13-3+,14-4+,24-21?,25-22?. The first kappa shape index (κ1) is 19.6. The minimum atomic E-state index is -0.0857. The van der Waals surface area contributed by atoms with Crippen molar-refractivity contribution in [1.29, 1.82) is 10.8 Å². The molecule has 0 fully saturated rings. The Morgan fingerprint density at radius 1 is 1.11 bits per heavy atom. The number of nitrogens with zero attached hydrogens (tertiary/aromatic N) is 2. The fourth-order valence-corrected chi connectivity index (χ4v) is 3.43. The van der Waals surface area contributed by atoms with Gasteiger partial charge in [0.1, 0.15) is 17.3 Å². The van der Waals surface area contributed by atoms with Gasteiger partial charge in [-0.2, -0.15) is 0 Å². The van der Waals surface area contributed by atoms with Crippen molar-refractivity contribution in [2.45, 2.75) is 38.8 Å². The number of benzene rings is 1. The van der Waals surface area contributed by atoms with Gasteiger partial charge in [0, 0.05) is 18.4 Å². The lowest BCUT2D eigenvalue weighted by molar-refractivity contribution is 0.176. The smallest absolute Gasteiger partial charge is 0.212 e. The molecular weight excluding hydrogens is 350 g/mol. The zero-order chi connectivity index (χ0) is 20.1. The predicted molar refractivity (Wildman–Crippen MR) is 111 cm³/mol. The molecule has 1 heterocycles. The summed E-state index contributed by atoms with van der Waals surface area (Å²) < 4.78 is 7.76. The summed E-state index contributed by atoms with van der Waals surface area (Å²) in [4.78, 5) is 1.65. The first-order valence-corrected chi connectivity index (χ1v) is 9.46. The Labute approximate surface area is 165 Å². The first-order valence-electron chi connectivity index (χ1n) is 9.46. The molecule has 1 aromatic carbocycles. The molecule has 1 aromatic heterocycles. The number of fused-ring (bicyclic) bond motifs is 1. The Balaban J connectivity index is 1.89. The topological polar surface area (TPSA) is 91.1 Å². The fraction of sp³-hybridized carbons (Fsp3) is 0.273. The molecule has 0 saturated carbocycles. The Bertz CT molecular complexity index is 947. The van der Waals surface area contributed by atoms with E-state index in [9.17, 15) is 0 Å². The number of nitrogens with one attached hydrogen (secondary N) is 2. The highest BCUT2D eigenvalue weighted by molar-refractivity contribution is 5.81. The molecule has 1 aliphatic rings. The Morgan fingerprint density at radius 3 is 2.46 bits per heavy atom. The molecule has 4 N–H and O–H groups in total. The van der Waals surface area contributed by atoms with Crippen LogP contribution in [0.15, 0.2) is 67.1 Å². The lowest BCUT2D eigenvalue weighted by Gasteiger charge is -2.30. The maximum absolute atomic E-state index is 8.49. The van der Waals surface area contributed by atoms with Gasteiger partial charge in [0.2, 0.25) is 5.96 Å². The third kappa shape index (κ3) is 4.07. The van der Waals surface area contributed by atoms with Crippen molar-refractivity contribution in [3.05, 3.63) is 83.8 Å². The van der Waals surface area contributed by atoms with Crippen LogP contribution in [-0.4, -0.2) is 15.4 Å². The average Bonchev–Trinajstić information content (AvgIpc) is 2.71. The van der Waals surface area contributed by atoms with E-state index in [1.165, 1.54) is 4.57 Å². The zero-order valence-electron chi connectivity index (χ0n) is 16.3. The first-order chi connectivity index (χ1) is 13.5. The Kier molecular flexibility index (Phi) is 6.11. The van der Waals surface area contributed by atoms with E-state index in [0.717, 1.165) is 24.0 Å². The number of rotatable bonds is 4. The molecule has 2 atom stereocenters. The molecule has 2 unspecified atom stereocenters. The third-order valence-corrected chi connectivity index (χ3v) is 4.77. The van der Waals surface area contributed by atoms with Gasteiger partial charge in [-0.05, 0) is 49.9 Å². The number of hydrogen-bond acceptors (Lipinski definition) is 4. The maximum atomic E-state index is 8.49. The van der Waals surface area contributed by atoms with Crippen LogP contribution >= 0.6 is 0 Å². The molecule has 6 heteroatoms. The highest BCUT2D eigenvalue weighted by Crippen LogP contribution is 2.37. The molecule has 0 bridgehead atoms. The number of ether oxygens (including phenoxy) is 1. The summed E-state index contributed by atoms with van der Waals surface area (Å²) in [6.45, 7) is 3.78. The predicted octanol–water partition coefficient (Wildman–Crippen LogP) is 4.03. The van der Waals surface area contributed by atoms with Crippen molar-refractivity contribution < 1.29 is 4.74 Å². The van der Waals surface area contributed by atoms with Crippen molar-refractivity contribution in [1.82, 2.24) is 9.47 Å². The van der Waals surface area contributed by atoms with Gasteiger partial charge >= 0.3 is 0 Å². The molecule has 0 saturated heterocycles. The van der Waals surface area contributed by atoms with Crippen LogP contribution < -0.4 is 16.0 Å². The molecule has 146 valence electrons. The van der Waals surface area contributed by atoms with Crippen LogP contribution in [-0.2, 0) is 0 Å². The molecule has 0 spiro atoms. The maximum Gasteiger partial charge on any atom is 0.212 e. The highest BCUT2D eigenvalue weighted by atomic mass is 16.5. The van der Waals surface area contributed by atoms with E-state index in [1.54, 1.807) is 35.6 Å². The minimum Gasteiger partial charge on any atom is -0.484 e. The van der Waals surface area contributed by atoms with Gasteiger partial charge in [0.25, 0.3) is 0 Å². The summed E-state index contributed by atoms with van der Waals surface area (Å²) >= 11 is 0. The van der Waals surface area contributed by atoms with Gasteiger partial charge in [-0.1, -0.05) is 36.4 Å². The van der Waals surface area contributed by atoms with E-state index in [2.05, 4.69) is 12.1 Å². The van der Waals surface area contributed by atoms with Crippen LogP contribution in [0.1, 0.15) is 50.0 Å².